The van der Waals surface area contributed by atoms with Crippen molar-refractivity contribution in [1.29, 1.82) is 0 Å². The van der Waals surface area contributed by atoms with E-state index in [4.69, 9.17) is 50.3 Å². The molecule has 0 aromatic rings. The van der Waals surface area contributed by atoms with Crippen molar-refractivity contribution in [3.05, 3.63) is 27.7 Å². The fraction of sp³-hybridized carbons (Fsp3) is 0.739. The van der Waals surface area contributed by atoms with E-state index in [9.17, 15) is 9.59 Å². The monoisotopic (exact) mass is 1020 g/mol. The van der Waals surface area contributed by atoms with Crippen LogP contribution < -0.4 is 10.6 Å². The number of hydrogen-bond donors (Lipinski definition) is 10. The van der Waals surface area contributed by atoms with Crippen LogP contribution in [0.15, 0.2) is 0 Å². The molecular weight excluding hydrogens is 972 g/mol. The first-order valence-electron chi connectivity index (χ1n) is 11.7. The number of nitrogens with one attached hydrogen (secondary N) is 2. The summed E-state index contributed by atoms with van der Waals surface area (Å²) in [4.78, 5) is 22.1. The molecule has 228 valence electrons. The third kappa shape index (κ3) is 34.4. The van der Waals surface area contributed by atoms with Gasteiger partial charge in [-0.15, -0.1) is 12.8 Å². The van der Waals surface area contributed by atoms with E-state index in [1.165, 1.54) is 0 Å². The van der Waals surface area contributed by atoms with E-state index >= 15 is 0 Å². The summed E-state index contributed by atoms with van der Waals surface area (Å²) in [6.07, 6.45) is -4.93. The Labute approximate surface area is 279 Å². The molecule has 0 radical (unpaired) electrons. The molecule has 2 amide bonds. The molecule has 0 spiro atoms. The predicted octanol–water partition coefficient (Wildman–Crippen LogP) is -2.15. The van der Waals surface area contributed by atoms with E-state index in [2.05, 4.69) is 38.3 Å². The molecule has 6 atom stereocenters. The number of carbonyl (C=O) groups is 2. The second-order valence-corrected chi connectivity index (χ2v) is 7.51. The molecule has 0 aliphatic heterocycles. The first-order valence-corrected chi connectivity index (χ1v) is 11.7. The van der Waals surface area contributed by atoms with Crippen molar-refractivity contribution in [2.24, 2.45) is 0 Å². The molecule has 14 nitrogen and oxygen atoms in total. The van der Waals surface area contributed by atoms with E-state index in [0.717, 1.165) is 19.3 Å². The molecule has 0 aromatic heterocycles. The van der Waals surface area contributed by atoms with Gasteiger partial charge in [-0.3, -0.25) is 0 Å². The molecule has 0 aliphatic carbocycles. The van der Waals surface area contributed by atoms with Gasteiger partial charge in [-0.1, -0.05) is 0 Å². The van der Waals surface area contributed by atoms with Gasteiger partial charge in [0.1, 0.15) is 12.2 Å². The predicted molar refractivity (Wildman–Crippen MR) is 133 cm³/mol. The number of hydrogen-bond acceptors (Lipinski definition) is 12. The van der Waals surface area contributed by atoms with Crippen LogP contribution in [0.2, 0.25) is 0 Å². The molecule has 16 heteroatoms. The molecule has 0 fully saturated rings. The van der Waals surface area contributed by atoms with E-state index in [1.54, 1.807) is 0 Å². The smallest absolute Gasteiger partial charge is 0.452 e. The molecule has 0 bridgehead atoms. The molecule has 0 aliphatic rings. The minimum absolute atomic E-state index is 0. The largest absolute Gasteiger partial charge is 2.00 e. The van der Waals surface area contributed by atoms with Crippen LogP contribution in [-0.2, 0) is 9.47 Å². The van der Waals surface area contributed by atoms with E-state index in [0.29, 0.717) is 39.1 Å². The maximum atomic E-state index is 11.0. The Morgan fingerprint density at radius 1 is 0.641 bits per heavy atom. The number of alkyl carbamates (subject to hydrolysis) is 2. The zero-order chi connectivity index (χ0) is 29.2. The Morgan fingerprint density at radius 3 is 1.15 bits per heavy atom. The van der Waals surface area contributed by atoms with Crippen LogP contribution in [-0.4, -0.2) is 129 Å². The van der Waals surface area contributed by atoms with Crippen LogP contribution in [0.1, 0.15) is 32.1 Å². The van der Waals surface area contributed by atoms with Gasteiger partial charge >= 0.3 is 74.4 Å². The second-order valence-electron chi connectivity index (χ2n) is 7.51. The number of ether oxygens (including phenoxy) is 2. The third-order valence-corrected chi connectivity index (χ3v) is 4.10. The van der Waals surface area contributed by atoms with Crippen molar-refractivity contribution < 1.29 is 122 Å². The van der Waals surface area contributed by atoms with Crippen LogP contribution in [0.3, 0.4) is 0 Å². The average Bonchev–Trinajstić information content (AvgIpc) is 2.88. The van der Waals surface area contributed by atoms with Gasteiger partial charge in [0.2, 0.25) is 0 Å². The molecule has 0 saturated carbocycles. The summed E-state index contributed by atoms with van der Waals surface area (Å²) >= 11 is 0. The van der Waals surface area contributed by atoms with Crippen molar-refractivity contribution >= 4 is 12.2 Å². The summed E-state index contributed by atoms with van der Waals surface area (Å²) in [6.45, 7) is 13.9. The fourth-order valence-electron chi connectivity index (χ4n) is 1.97. The van der Waals surface area contributed by atoms with Gasteiger partial charge in [-0.25, -0.2) is 9.59 Å². The van der Waals surface area contributed by atoms with Gasteiger partial charge in [-0.05, 0) is 31.5 Å². The minimum Gasteiger partial charge on any atom is -0.452 e. The second kappa shape index (κ2) is 34.5. The number of aliphatic hydroxyl groups is 8. The molecule has 0 rings (SSSR count). The normalized spacial score (nSPS) is 14.5. The Morgan fingerprint density at radius 2 is 0.949 bits per heavy atom. The Balaban J connectivity index is -0.000000162. The number of rotatable bonds is 16. The quantitative estimate of drug-likeness (QED) is 0.0589. The van der Waals surface area contributed by atoms with Gasteiger partial charge in [-0.2, -0.15) is 0 Å². The first-order chi connectivity index (χ1) is 17.4. The molecule has 0 saturated heterocycles. The van der Waals surface area contributed by atoms with Crippen molar-refractivity contribution in [3.63, 3.8) is 0 Å². The maximum absolute atomic E-state index is 11.0. The zero-order valence-electron chi connectivity index (χ0n) is 22.3. The van der Waals surface area contributed by atoms with Crippen LogP contribution >= 0.6 is 0 Å². The minimum atomic E-state index is -1.37. The van der Waals surface area contributed by atoms with Crippen molar-refractivity contribution in [3.8, 4) is 0 Å². The van der Waals surface area contributed by atoms with Crippen molar-refractivity contribution in [2.75, 3.05) is 39.5 Å². The Hall–Kier alpha value is 0.324. The number of carbonyl (C=O) groups excluding carboxylic acids is 2. The van der Waals surface area contributed by atoms with E-state index in [1.807, 2.05) is 0 Å². The van der Waals surface area contributed by atoms with Crippen LogP contribution in [0.5, 0.6) is 0 Å². The van der Waals surface area contributed by atoms with Crippen LogP contribution in [0, 0.1) is 89.9 Å². The van der Waals surface area contributed by atoms with Crippen molar-refractivity contribution in [1.82, 2.24) is 10.6 Å². The van der Waals surface area contributed by atoms with Crippen LogP contribution in [0.25, 0.3) is 0 Å². The molecule has 39 heavy (non-hydrogen) atoms. The van der Waals surface area contributed by atoms with Crippen LogP contribution in [0.4, 0.5) is 9.59 Å². The summed E-state index contributed by atoms with van der Waals surface area (Å²) in [6, 6.07) is 0. The molecule has 0 heterocycles. The van der Waals surface area contributed by atoms with Gasteiger partial charge in [0.15, 0.2) is 0 Å². The standard InChI is InChI=1S/C13H24N2O4.2C5H11O4.2U/c1-3-10-18-12(16)14-8-6-5-7-9-15-13(17)19-11-4-2;2*1-3(7)5(9)4(8)2-6;;/h1-11H2,(H,14,16)(H,15,17);2*3-9H,1-2H2;;/q-2;2*-1;2*+2. The summed E-state index contributed by atoms with van der Waals surface area (Å²) < 4.78 is 9.59. The van der Waals surface area contributed by atoms with Gasteiger partial charge < -0.3 is 88.7 Å². The number of unbranched alkanes of at least 4 members (excludes halogenated alkanes) is 2. The topological polar surface area (TPSA) is 238 Å². The molecule has 10 N–H and O–H groups in total. The summed E-state index contributed by atoms with van der Waals surface area (Å²) in [5.74, 6) is 0. The molecule has 6 unspecified atom stereocenters. The van der Waals surface area contributed by atoms with Gasteiger partial charge in [0, 0.05) is 13.1 Å². The average molecular weight is 1020 g/mol. The SMILES string of the molecule is [CH2-]C(O)C(O)C(O)CO.[CH2-]C(O)C(O)C(O)CO.[CH2-]CCOC(=O)NCCCCCNC(=O)OCC[CH2-].[U+2].[U+2]. The number of amides is 2. The number of aliphatic hydroxyl groups excluding tert-OH is 8. The summed E-state index contributed by atoms with van der Waals surface area (Å²) in [5.41, 5.74) is 0. The zero-order valence-corrected chi connectivity index (χ0v) is 30.6. The fourth-order valence-corrected chi connectivity index (χ4v) is 1.97. The maximum Gasteiger partial charge on any atom is 2.00 e. The Kier molecular flexibility index (Phi) is 43.4. The van der Waals surface area contributed by atoms with Crippen molar-refractivity contribution in [2.45, 2.75) is 68.7 Å². The molecular formula is C23H46N2O12U2. The third-order valence-electron chi connectivity index (χ3n) is 4.10. The van der Waals surface area contributed by atoms with Gasteiger partial charge in [0.25, 0.3) is 0 Å². The van der Waals surface area contributed by atoms with E-state index in [-0.39, 0.29) is 62.2 Å². The van der Waals surface area contributed by atoms with Gasteiger partial charge in [0.05, 0.1) is 38.6 Å². The summed E-state index contributed by atoms with van der Waals surface area (Å²) in [5, 5.41) is 73.2. The first kappa shape index (κ1) is 49.0. The van der Waals surface area contributed by atoms with E-state index < -0.39 is 62.0 Å². The Bertz CT molecular complexity index is 493. The summed E-state index contributed by atoms with van der Waals surface area (Å²) in [7, 11) is 0. The molecule has 0 aromatic carbocycles.